The van der Waals surface area contributed by atoms with Crippen LogP contribution in [-0.2, 0) is 4.74 Å². The SMILES string of the molecule is COC(=O)c1ccccc1OCC1(CBr)CCCCC1. The summed E-state index contributed by atoms with van der Waals surface area (Å²) in [6, 6.07) is 7.27. The molecule has 0 heterocycles. The Morgan fingerprint density at radius 3 is 2.60 bits per heavy atom. The Morgan fingerprint density at radius 1 is 1.25 bits per heavy atom. The first-order chi connectivity index (χ1) is 9.71. The van der Waals surface area contributed by atoms with Crippen LogP contribution in [0.4, 0.5) is 0 Å². The van der Waals surface area contributed by atoms with Gasteiger partial charge in [0.05, 0.1) is 13.7 Å². The Bertz CT molecular complexity index is 453. The summed E-state index contributed by atoms with van der Waals surface area (Å²) in [5.74, 6) is 0.266. The molecular weight excluding hydrogens is 320 g/mol. The molecule has 110 valence electrons. The van der Waals surface area contributed by atoms with Crippen LogP contribution in [0.15, 0.2) is 24.3 Å². The van der Waals surface area contributed by atoms with Crippen molar-refractivity contribution in [1.82, 2.24) is 0 Å². The highest BCUT2D eigenvalue weighted by Crippen LogP contribution is 2.38. The van der Waals surface area contributed by atoms with Crippen molar-refractivity contribution in [2.45, 2.75) is 32.1 Å². The zero-order valence-electron chi connectivity index (χ0n) is 11.9. The average Bonchev–Trinajstić information content (AvgIpc) is 2.53. The number of halogens is 1. The number of para-hydroxylation sites is 1. The third kappa shape index (κ3) is 3.54. The van der Waals surface area contributed by atoms with Crippen LogP contribution in [0.25, 0.3) is 0 Å². The second-order valence-electron chi connectivity index (χ2n) is 5.47. The van der Waals surface area contributed by atoms with E-state index in [-0.39, 0.29) is 11.4 Å². The fraction of sp³-hybridized carbons (Fsp3) is 0.562. The number of alkyl halides is 1. The Morgan fingerprint density at radius 2 is 1.95 bits per heavy atom. The van der Waals surface area contributed by atoms with Crippen LogP contribution in [0.3, 0.4) is 0 Å². The molecule has 1 aromatic carbocycles. The molecule has 0 unspecified atom stereocenters. The molecule has 0 radical (unpaired) electrons. The molecule has 3 nitrogen and oxygen atoms in total. The molecule has 0 aromatic heterocycles. The fourth-order valence-electron chi connectivity index (χ4n) is 2.72. The van der Waals surface area contributed by atoms with Gasteiger partial charge < -0.3 is 9.47 Å². The minimum Gasteiger partial charge on any atom is -0.492 e. The van der Waals surface area contributed by atoms with Gasteiger partial charge in [-0.25, -0.2) is 4.79 Å². The van der Waals surface area contributed by atoms with E-state index in [4.69, 9.17) is 9.47 Å². The maximum Gasteiger partial charge on any atom is 0.341 e. The van der Waals surface area contributed by atoms with Crippen LogP contribution in [-0.4, -0.2) is 25.0 Å². The van der Waals surface area contributed by atoms with Crippen LogP contribution in [0, 0.1) is 5.41 Å². The number of rotatable bonds is 5. The van der Waals surface area contributed by atoms with Crippen molar-refractivity contribution in [1.29, 1.82) is 0 Å². The molecule has 0 saturated heterocycles. The van der Waals surface area contributed by atoms with Gasteiger partial charge in [0.15, 0.2) is 0 Å². The van der Waals surface area contributed by atoms with Gasteiger partial charge in [-0.15, -0.1) is 0 Å². The maximum absolute atomic E-state index is 11.7. The van der Waals surface area contributed by atoms with E-state index in [1.807, 2.05) is 18.2 Å². The van der Waals surface area contributed by atoms with Crippen LogP contribution in [0.2, 0.25) is 0 Å². The van der Waals surface area contributed by atoms with E-state index in [1.54, 1.807) is 6.07 Å². The van der Waals surface area contributed by atoms with Crippen LogP contribution >= 0.6 is 15.9 Å². The topological polar surface area (TPSA) is 35.5 Å². The van der Waals surface area contributed by atoms with Crippen LogP contribution in [0.5, 0.6) is 5.75 Å². The van der Waals surface area contributed by atoms with Crippen LogP contribution < -0.4 is 4.74 Å². The van der Waals surface area contributed by atoms with Gasteiger partial charge >= 0.3 is 5.97 Å². The second kappa shape index (κ2) is 7.11. The summed E-state index contributed by atoms with van der Waals surface area (Å²) in [5, 5.41) is 0.945. The standard InChI is InChI=1S/C16H21BrO3/c1-19-15(18)13-7-3-4-8-14(13)20-12-16(11-17)9-5-2-6-10-16/h3-4,7-8H,2,5-6,9-12H2,1H3. The predicted octanol–water partition coefficient (Wildman–Crippen LogP) is 4.20. The summed E-state index contributed by atoms with van der Waals surface area (Å²) in [6.07, 6.45) is 6.19. The molecule has 1 aliphatic rings. The zero-order valence-corrected chi connectivity index (χ0v) is 13.4. The largest absolute Gasteiger partial charge is 0.492 e. The van der Waals surface area contributed by atoms with Gasteiger partial charge in [0.25, 0.3) is 0 Å². The summed E-state index contributed by atoms with van der Waals surface area (Å²) in [7, 11) is 1.39. The molecule has 4 heteroatoms. The smallest absolute Gasteiger partial charge is 0.341 e. The molecule has 1 aromatic rings. The summed E-state index contributed by atoms with van der Waals surface area (Å²) in [6.45, 7) is 0.645. The third-order valence-electron chi connectivity index (χ3n) is 4.02. The molecule has 0 amide bonds. The quantitative estimate of drug-likeness (QED) is 0.595. The number of hydrogen-bond donors (Lipinski definition) is 0. The fourth-order valence-corrected chi connectivity index (χ4v) is 3.44. The highest BCUT2D eigenvalue weighted by molar-refractivity contribution is 9.09. The Labute approximate surface area is 128 Å². The number of esters is 1. The van der Waals surface area contributed by atoms with Crippen molar-refractivity contribution < 1.29 is 14.3 Å². The number of carbonyl (C=O) groups excluding carboxylic acids is 1. The molecule has 1 fully saturated rings. The number of hydrogen-bond acceptors (Lipinski definition) is 3. The minimum atomic E-state index is -0.350. The summed E-state index contributed by atoms with van der Waals surface area (Å²) >= 11 is 3.63. The Hall–Kier alpha value is -1.03. The molecule has 0 atom stereocenters. The normalized spacial score (nSPS) is 17.5. The van der Waals surface area contributed by atoms with E-state index < -0.39 is 0 Å². The van der Waals surface area contributed by atoms with Gasteiger partial charge in [-0.05, 0) is 25.0 Å². The van der Waals surface area contributed by atoms with Crippen molar-refractivity contribution in [2.24, 2.45) is 5.41 Å². The molecule has 0 bridgehead atoms. The van der Waals surface area contributed by atoms with E-state index in [0.717, 1.165) is 5.33 Å². The van der Waals surface area contributed by atoms with E-state index in [0.29, 0.717) is 17.9 Å². The van der Waals surface area contributed by atoms with Crippen molar-refractivity contribution >= 4 is 21.9 Å². The number of carbonyl (C=O) groups is 1. The maximum atomic E-state index is 11.7. The van der Waals surface area contributed by atoms with Crippen molar-refractivity contribution in [3.8, 4) is 5.75 Å². The highest BCUT2D eigenvalue weighted by atomic mass is 79.9. The lowest BCUT2D eigenvalue weighted by atomic mass is 9.76. The van der Waals surface area contributed by atoms with Gasteiger partial charge in [-0.2, -0.15) is 0 Å². The first-order valence-electron chi connectivity index (χ1n) is 7.07. The lowest BCUT2D eigenvalue weighted by Crippen LogP contribution is -2.33. The molecule has 2 rings (SSSR count). The van der Waals surface area contributed by atoms with Gasteiger partial charge in [-0.3, -0.25) is 0 Å². The van der Waals surface area contributed by atoms with Gasteiger partial charge in [0, 0.05) is 10.7 Å². The van der Waals surface area contributed by atoms with Gasteiger partial charge in [-0.1, -0.05) is 47.3 Å². The van der Waals surface area contributed by atoms with Crippen molar-refractivity contribution in [3.05, 3.63) is 29.8 Å². The van der Waals surface area contributed by atoms with Crippen molar-refractivity contribution in [3.63, 3.8) is 0 Å². The van der Waals surface area contributed by atoms with Gasteiger partial charge in [0.2, 0.25) is 0 Å². The average molecular weight is 341 g/mol. The van der Waals surface area contributed by atoms with Crippen LogP contribution in [0.1, 0.15) is 42.5 Å². The first kappa shape index (κ1) is 15.4. The summed E-state index contributed by atoms with van der Waals surface area (Å²) in [5.41, 5.74) is 0.692. The molecular formula is C16H21BrO3. The lowest BCUT2D eigenvalue weighted by Gasteiger charge is -2.35. The predicted molar refractivity (Wildman–Crippen MR) is 82.6 cm³/mol. The zero-order chi connectivity index (χ0) is 14.4. The van der Waals surface area contributed by atoms with Gasteiger partial charge in [0.1, 0.15) is 11.3 Å². The molecule has 20 heavy (non-hydrogen) atoms. The molecule has 1 saturated carbocycles. The molecule has 0 aliphatic heterocycles. The number of benzene rings is 1. The second-order valence-corrected chi connectivity index (χ2v) is 6.03. The van der Waals surface area contributed by atoms with E-state index in [2.05, 4.69) is 15.9 Å². The summed E-state index contributed by atoms with van der Waals surface area (Å²) < 4.78 is 10.8. The Balaban J connectivity index is 2.08. The van der Waals surface area contributed by atoms with E-state index >= 15 is 0 Å². The first-order valence-corrected chi connectivity index (χ1v) is 8.19. The molecule has 0 spiro atoms. The summed E-state index contributed by atoms with van der Waals surface area (Å²) in [4.78, 5) is 11.7. The monoisotopic (exact) mass is 340 g/mol. The van der Waals surface area contributed by atoms with E-state index in [1.165, 1.54) is 39.2 Å². The highest BCUT2D eigenvalue weighted by Gasteiger charge is 2.32. The lowest BCUT2D eigenvalue weighted by molar-refractivity contribution is 0.0589. The third-order valence-corrected chi connectivity index (χ3v) is 5.21. The van der Waals surface area contributed by atoms with E-state index in [9.17, 15) is 4.79 Å². The molecule has 1 aliphatic carbocycles. The van der Waals surface area contributed by atoms with Crippen molar-refractivity contribution in [2.75, 3.05) is 19.0 Å². The number of ether oxygens (including phenoxy) is 2. The number of methoxy groups -OCH3 is 1. The molecule has 0 N–H and O–H groups in total. The Kier molecular flexibility index (Phi) is 5.46. The minimum absolute atomic E-state index is 0.196.